The second-order valence-corrected chi connectivity index (χ2v) is 4.19. The van der Waals surface area contributed by atoms with Gasteiger partial charge in [-0.05, 0) is 29.3 Å². The second kappa shape index (κ2) is 6.38. The molecule has 0 fully saturated rings. The fourth-order valence-electron chi connectivity index (χ4n) is 1.72. The van der Waals surface area contributed by atoms with Crippen molar-refractivity contribution >= 4 is 29.1 Å². The molecule has 0 spiro atoms. The number of hydrogen-bond donors (Lipinski definition) is 2. The molecule has 2 aromatic rings. The van der Waals surface area contributed by atoms with Gasteiger partial charge in [0.05, 0.1) is 6.04 Å². The molecule has 0 aromatic heterocycles. The molecule has 2 rings (SSSR count). The van der Waals surface area contributed by atoms with Crippen molar-refractivity contribution in [1.29, 1.82) is 0 Å². The van der Waals surface area contributed by atoms with Gasteiger partial charge in [0.15, 0.2) is 0 Å². The van der Waals surface area contributed by atoms with Gasteiger partial charge in [0.2, 0.25) is 5.91 Å². The van der Waals surface area contributed by atoms with Gasteiger partial charge in [-0.1, -0.05) is 36.4 Å². The van der Waals surface area contributed by atoms with Crippen LogP contribution < -0.4 is 11.1 Å². The van der Waals surface area contributed by atoms with Crippen LogP contribution in [0.1, 0.15) is 12.5 Å². The summed E-state index contributed by atoms with van der Waals surface area (Å²) in [5, 5.41) is 5.52. The summed E-state index contributed by atoms with van der Waals surface area (Å²) in [7, 11) is 0. The van der Waals surface area contributed by atoms with Crippen molar-refractivity contribution in [3.05, 3.63) is 48.0 Å². The van der Waals surface area contributed by atoms with Crippen LogP contribution in [-0.2, 0) is 11.3 Å². The lowest BCUT2D eigenvalue weighted by Crippen LogP contribution is -2.38. The number of carbonyl (C=O) groups is 1. The predicted octanol–water partition coefficient (Wildman–Crippen LogP) is 2.23. The van der Waals surface area contributed by atoms with Crippen molar-refractivity contribution in [2.45, 2.75) is 19.5 Å². The van der Waals surface area contributed by atoms with E-state index in [1.807, 2.05) is 12.1 Å². The van der Waals surface area contributed by atoms with Gasteiger partial charge in [0, 0.05) is 6.54 Å². The third-order valence-electron chi connectivity index (χ3n) is 2.85. The van der Waals surface area contributed by atoms with E-state index in [1.165, 1.54) is 10.8 Å². The molecule has 0 saturated carbocycles. The van der Waals surface area contributed by atoms with Gasteiger partial charge in [-0.25, -0.2) is 0 Å². The number of primary amides is 1. The zero-order valence-electron chi connectivity index (χ0n) is 10.2. The van der Waals surface area contributed by atoms with Crippen molar-refractivity contribution in [1.82, 2.24) is 5.32 Å². The van der Waals surface area contributed by atoms with Crippen molar-refractivity contribution in [3.8, 4) is 0 Å². The number of rotatable bonds is 4. The molecule has 0 saturated heterocycles. The van der Waals surface area contributed by atoms with Gasteiger partial charge >= 0.3 is 0 Å². The van der Waals surface area contributed by atoms with E-state index in [2.05, 4.69) is 35.6 Å². The van der Waals surface area contributed by atoms with Gasteiger partial charge in [-0.15, -0.1) is 12.4 Å². The quantitative estimate of drug-likeness (QED) is 0.890. The fraction of sp³-hybridized carbons (Fsp3) is 0.214. The topological polar surface area (TPSA) is 55.1 Å². The summed E-state index contributed by atoms with van der Waals surface area (Å²) in [6, 6.07) is 14.2. The van der Waals surface area contributed by atoms with Crippen LogP contribution in [0.2, 0.25) is 0 Å². The first-order chi connectivity index (χ1) is 8.16. The van der Waals surface area contributed by atoms with Gasteiger partial charge in [-0.2, -0.15) is 0 Å². The van der Waals surface area contributed by atoms with Crippen LogP contribution in [0, 0.1) is 0 Å². The lowest BCUT2D eigenvalue weighted by Gasteiger charge is -2.10. The maximum absolute atomic E-state index is 10.9. The predicted molar refractivity (Wildman–Crippen MR) is 76.7 cm³/mol. The third kappa shape index (κ3) is 3.45. The zero-order valence-corrected chi connectivity index (χ0v) is 11.0. The molecule has 1 unspecified atom stereocenters. The number of halogens is 1. The summed E-state index contributed by atoms with van der Waals surface area (Å²) < 4.78 is 0. The third-order valence-corrected chi connectivity index (χ3v) is 2.85. The standard InChI is InChI=1S/C14H16N2O.ClH/c1-10(14(15)17)16-9-11-6-7-12-4-2-3-5-13(12)8-11;/h2-8,10,16H,9H2,1H3,(H2,15,17);1H. The maximum Gasteiger partial charge on any atom is 0.234 e. The molecule has 4 heteroatoms. The van der Waals surface area contributed by atoms with Gasteiger partial charge < -0.3 is 11.1 Å². The number of benzene rings is 2. The lowest BCUT2D eigenvalue weighted by molar-refractivity contribution is -0.119. The highest BCUT2D eigenvalue weighted by Crippen LogP contribution is 2.15. The van der Waals surface area contributed by atoms with E-state index < -0.39 is 0 Å². The second-order valence-electron chi connectivity index (χ2n) is 4.19. The lowest BCUT2D eigenvalue weighted by atomic mass is 10.1. The Morgan fingerprint density at radius 1 is 1.22 bits per heavy atom. The Balaban J connectivity index is 0.00000162. The van der Waals surface area contributed by atoms with E-state index in [0.717, 1.165) is 5.56 Å². The summed E-state index contributed by atoms with van der Waals surface area (Å²) in [6.45, 7) is 2.42. The highest BCUT2D eigenvalue weighted by atomic mass is 35.5. The van der Waals surface area contributed by atoms with E-state index in [-0.39, 0.29) is 24.4 Å². The van der Waals surface area contributed by atoms with E-state index in [1.54, 1.807) is 6.92 Å². The number of hydrogen-bond acceptors (Lipinski definition) is 2. The van der Waals surface area contributed by atoms with Crippen LogP contribution in [0.5, 0.6) is 0 Å². The average Bonchev–Trinajstić information content (AvgIpc) is 2.35. The summed E-state index contributed by atoms with van der Waals surface area (Å²) >= 11 is 0. The Bertz CT molecular complexity index is 542. The first-order valence-electron chi connectivity index (χ1n) is 5.67. The largest absolute Gasteiger partial charge is 0.368 e. The Morgan fingerprint density at radius 3 is 2.56 bits per heavy atom. The molecular formula is C14H17ClN2O. The normalized spacial score (nSPS) is 11.8. The van der Waals surface area contributed by atoms with Crippen molar-refractivity contribution in [3.63, 3.8) is 0 Å². The molecule has 1 atom stereocenters. The number of fused-ring (bicyclic) bond motifs is 1. The Morgan fingerprint density at radius 2 is 1.89 bits per heavy atom. The molecule has 0 radical (unpaired) electrons. The SMILES string of the molecule is CC(NCc1ccc2ccccc2c1)C(N)=O.Cl. The van der Waals surface area contributed by atoms with Crippen LogP contribution in [0.25, 0.3) is 10.8 Å². The van der Waals surface area contributed by atoms with Gasteiger partial charge in [-0.3, -0.25) is 4.79 Å². The first kappa shape index (κ1) is 14.5. The summed E-state index contributed by atoms with van der Waals surface area (Å²) in [5.41, 5.74) is 6.34. The van der Waals surface area contributed by atoms with Crippen LogP contribution in [0.3, 0.4) is 0 Å². The van der Waals surface area contributed by atoms with E-state index in [9.17, 15) is 4.79 Å². The molecular weight excluding hydrogens is 248 g/mol. The molecule has 0 heterocycles. The molecule has 0 aliphatic rings. The minimum atomic E-state index is -0.328. The monoisotopic (exact) mass is 264 g/mol. The highest BCUT2D eigenvalue weighted by Gasteiger charge is 2.06. The molecule has 0 aliphatic heterocycles. The van der Waals surface area contributed by atoms with E-state index in [0.29, 0.717) is 6.54 Å². The van der Waals surface area contributed by atoms with Crippen LogP contribution in [0.15, 0.2) is 42.5 Å². The number of carbonyl (C=O) groups excluding carboxylic acids is 1. The Hall–Kier alpha value is -1.58. The minimum Gasteiger partial charge on any atom is -0.368 e. The molecule has 3 N–H and O–H groups in total. The zero-order chi connectivity index (χ0) is 12.3. The van der Waals surface area contributed by atoms with E-state index >= 15 is 0 Å². The Kier molecular flexibility index (Phi) is 5.13. The smallest absolute Gasteiger partial charge is 0.234 e. The summed E-state index contributed by atoms with van der Waals surface area (Å²) in [6.07, 6.45) is 0. The number of amides is 1. The molecule has 3 nitrogen and oxygen atoms in total. The molecule has 18 heavy (non-hydrogen) atoms. The van der Waals surface area contributed by atoms with Crippen LogP contribution in [0.4, 0.5) is 0 Å². The van der Waals surface area contributed by atoms with Gasteiger partial charge in [0.25, 0.3) is 0 Å². The van der Waals surface area contributed by atoms with Gasteiger partial charge in [0.1, 0.15) is 0 Å². The summed E-state index contributed by atoms with van der Waals surface area (Å²) in [4.78, 5) is 10.9. The molecule has 1 amide bonds. The first-order valence-corrected chi connectivity index (χ1v) is 5.67. The molecule has 0 aliphatic carbocycles. The summed E-state index contributed by atoms with van der Waals surface area (Å²) in [5.74, 6) is -0.328. The highest BCUT2D eigenvalue weighted by molar-refractivity contribution is 5.85. The molecule has 96 valence electrons. The number of nitrogens with one attached hydrogen (secondary N) is 1. The number of nitrogens with two attached hydrogens (primary N) is 1. The van der Waals surface area contributed by atoms with Crippen molar-refractivity contribution < 1.29 is 4.79 Å². The average molecular weight is 265 g/mol. The van der Waals surface area contributed by atoms with Crippen LogP contribution >= 0.6 is 12.4 Å². The van der Waals surface area contributed by atoms with Crippen molar-refractivity contribution in [2.75, 3.05) is 0 Å². The van der Waals surface area contributed by atoms with Crippen molar-refractivity contribution in [2.24, 2.45) is 5.73 Å². The fourth-order valence-corrected chi connectivity index (χ4v) is 1.72. The van der Waals surface area contributed by atoms with Crippen LogP contribution in [-0.4, -0.2) is 11.9 Å². The maximum atomic E-state index is 10.9. The molecule has 2 aromatic carbocycles. The minimum absolute atomic E-state index is 0. The molecule has 0 bridgehead atoms. The van der Waals surface area contributed by atoms with E-state index in [4.69, 9.17) is 5.73 Å². The Labute approximate surface area is 113 Å².